The number of carbonyl (C=O) groups excluding carboxylic acids is 1. The lowest BCUT2D eigenvalue weighted by atomic mass is 10.1. The molecule has 1 aliphatic carbocycles. The SMILES string of the molecule is CCCOC(=O)C(C)N(CCO)C1CCc2ccccc21. The molecule has 0 saturated heterocycles. The summed E-state index contributed by atoms with van der Waals surface area (Å²) < 4.78 is 5.27. The minimum atomic E-state index is -0.333. The van der Waals surface area contributed by atoms with E-state index in [0.717, 1.165) is 19.3 Å². The van der Waals surface area contributed by atoms with Gasteiger partial charge in [0.2, 0.25) is 0 Å². The third kappa shape index (κ3) is 3.63. The van der Waals surface area contributed by atoms with Gasteiger partial charge in [-0.15, -0.1) is 0 Å². The molecule has 116 valence electrons. The number of nitrogens with zero attached hydrogens (tertiary/aromatic N) is 1. The minimum absolute atomic E-state index is 0.0457. The molecule has 0 bridgehead atoms. The first-order valence-corrected chi connectivity index (χ1v) is 7.80. The maximum absolute atomic E-state index is 12.1. The molecule has 1 N–H and O–H groups in total. The van der Waals surface area contributed by atoms with E-state index in [-0.39, 0.29) is 24.7 Å². The third-order valence-electron chi connectivity index (χ3n) is 4.15. The maximum atomic E-state index is 12.1. The predicted molar refractivity (Wildman–Crippen MR) is 82.0 cm³/mol. The molecule has 2 rings (SSSR count). The molecular formula is C17H25NO3. The third-order valence-corrected chi connectivity index (χ3v) is 4.15. The fourth-order valence-electron chi connectivity index (χ4n) is 3.07. The van der Waals surface area contributed by atoms with Gasteiger partial charge in [-0.05, 0) is 37.3 Å². The van der Waals surface area contributed by atoms with Gasteiger partial charge in [0.15, 0.2) is 0 Å². The summed E-state index contributed by atoms with van der Waals surface area (Å²) in [6.45, 7) is 4.84. The van der Waals surface area contributed by atoms with Crippen molar-refractivity contribution in [3.63, 3.8) is 0 Å². The molecular weight excluding hydrogens is 266 g/mol. The molecule has 2 unspecified atom stereocenters. The molecule has 1 aromatic carbocycles. The first kappa shape index (κ1) is 16.0. The maximum Gasteiger partial charge on any atom is 0.323 e. The number of aryl methyl sites for hydroxylation is 1. The van der Waals surface area contributed by atoms with Crippen LogP contribution in [0.15, 0.2) is 24.3 Å². The van der Waals surface area contributed by atoms with Crippen LogP contribution < -0.4 is 0 Å². The molecule has 0 spiro atoms. The Hall–Kier alpha value is -1.39. The number of carbonyl (C=O) groups is 1. The number of rotatable bonds is 7. The number of aliphatic hydroxyl groups excluding tert-OH is 1. The van der Waals surface area contributed by atoms with Crippen LogP contribution in [0.25, 0.3) is 0 Å². The van der Waals surface area contributed by atoms with Gasteiger partial charge in [0.05, 0.1) is 13.2 Å². The highest BCUT2D eigenvalue weighted by atomic mass is 16.5. The number of esters is 1. The molecule has 0 heterocycles. The Labute approximate surface area is 126 Å². The summed E-state index contributed by atoms with van der Waals surface area (Å²) in [6.07, 6.45) is 2.84. The van der Waals surface area contributed by atoms with Crippen LogP contribution in [-0.2, 0) is 16.0 Å². The van der Waals surface area contributed by atoms with Gasteiger partial charge in [0.1, 0.15) is 6.04 Å². The Morgan fingerprint density at radius 1 is 1.48 bits per heavy atom. The van der Waals surface area contributed by atoms with Crippen molar-refractivity contribution in [3.05, 3.63) is 35.4 Å². The zero-order valence-electron chi connectivity index (χ0n) is 12.9. The van der Waals surface area contributed by atoms with Gasteiger partial charge in [0, 0.05) is 12.6 Å². The predicted octanol–water partition coefficient (Wildman–Crippen LogP) is 2.31. The summed E-state index contributed by atoms with van der Waals surface area (Å²) in [4.78, 5) is 14.2. The van der Waals surface area contributed by atoms with E-state index in [4.69, 9.17) is 4.74 Å². The summed E-state index contributed by atoms with van der Waals surface area (Å²) in [6, 6.07) is 8.22. The Morgan fingerprint density at radius 3 is 2.95 bits per heavy atom. The van der Waals surface area contributed by atoms with Gasteiger partial charge < -0.3 is 9.84 Å². The van der Waals surface area contributed by atoms with E-state index in [9.17, 15) is 9.90 Å². The fourth-order valence-corrected chi connectivity index (χ4v) is 3.07. The van der Waals surface area contributed by atoms with Crippen LogP contribution in [-0.4, -0.2) is 41.8 Å². The lowest BCUT2D eigenvalue weighted by Gasteiger charge is -2.33. The molecule has 0 amide bonds. The second kappa shape index (κ2) is 7.57. The van der Waals surface area contributed by atoms with Gasteiger partial charge in [-0.1, -0.05) is 31.2 Å². The highest BCUT2D eigenvalue weighted by Crippen LogP contribution is 2.36. The first-order valence-electron chi connectivity index (χ1n) is 7.80. The molecule has 0 aliphatic heterocycles. The van der Waals surface area contributed by atoms with Crippen molar-refractivity contribution >= 4 is 5.97 Å². The second-order valence-electron chi connectivity index (χ2n) is 5.56. The van der Waals surface area contributed by atoms with Crippen LogP contribution in [0.4, 0.5) is 0 Å². The number of hydrogen-bond donors (Lipinski definition) is 1. The second-order valence-corrected chi connectivity index (χ2v) is 5.56. The minimum Gasteiger partial charge on any atom is -0.465 e. The summed E-state index contributed by atoms with van der Waals surface area (Å²) in [7, 11) is 0. The van der Waals surface area contributed by atoms with E-state index in [1.807, 2.05) is 19.9 Å². The molecule has 1 aliphatic rings. The van der Waals surface area contributed by atoms with Gasteiger partial charge in [-0.2, -0.15) is 0 Å². The highest BCUT2D eigenvalue weighted by molar-refractivity contribution is 5.75. The standard InChI is InChI=1S/C17H25NO3/c1-3-12-21-17(20)13(2)18(10-11-19)16-9-8-14-6-4-5-7-15(14)16/h4-7,13,16,19H,3,8-12H2,1-2H3. The highest BCUT2D eigenvalue weighted by Gasteiger charge is 2.33. The van der Waals surface area contributed by atoms with Crippen molar-refractivity contribution in [3.8, 4) is 0 Å². The molecule has 1 aromatic rings. The summed E-state index contributed by atoms with van der Waals surface area (Å²) in [5, 5.41) is 9.36. The number of ether oxygens (including phenoxy) is 1. The van der Waals surface area contributed by atoms with Crippen LogP contribution in [0.1, 0.15) is 43.9 Å². The molecule has 0 saturated carbocycles. The largest absolute Gasteiger partial charge is 0.465 e. The molecule has 21 heavy (non-hydrogen) atoms. The first-order chi connectivity index (χ1) is 10.2. The van der Waals surface area contributed by atoms with Crippen LogP contribution in [0.2, 0.25) is 0 Å². The molecule has 0 aromatic heterocycles. The number of benzene rings is 1. The quantitative estimate of drug-likeness (QED) is 0.783. The molecule has 0 fully saturated rings. The van der Waals surface area contributed by atoms with E-state index in [0.29, 0.717) is 13.2 Å². The van der Waals surface area contributed by atoms with Gasteiger partial charge >= 0.3 is 5.97 Å². The average molecular weight is 291 g/mol. The topological polar surface area (TPSA) is 49.8 Å². The smallest absolute Gasteiger partial charge is 0.323 e. The van der Waals surface area contributed by atoms with Gasteiger partial charge in [0.25, 0.3) is 0 Å². The average Bonchev–Trinajstić information content (AvgIpc) is 2.93. The normalized spacial score (nSPS) is 18.6. The zero-order valence-corrected chi connectivity index (χ0v) is 12.9. The molecule has 0 radical (unpaired) electrons. The zero-order chi connectivity index (χ0) is 15.2. The summed E-state index contributed by atoms with van der Waals surface area (Å²) >= 11 is 0. The van der Waals surface area contributed by atoms with Gasteiger partial charge in [-0.3, -0.25) is 9.69 Å². The van der Waals surface area contributed by atoms with E-state index in [2.05, 4.69) is 23.1 Å². The van der Waals surface area contributed by atoms with Crippen molar-refractivity contribution < 1.29 is 14.6 Å². The van der Waals surface area contributed by atoms with E-state index >= 15 is 0 Å². The Kier molecular flexibility index (Phi) is 5.76. The molecule has 2 atom stereocenters. The van der Waals surface area contributed by atoms with Crippen LogP contribution in [0.3, 0.4) is 0 Å². The van der Waals surface area contributed by atoms with Crippen LogP contribution in [0, 0.1) is 0 Å². The van der Waals surface area contributed by atoms with Crippen molar-refractivity contribution in [1.29, 1.82) is 0 Å². The van der Waals surface area contributed by atoms with Gasteiger partial charge in [-0.25, -0.2) is 0 Å². The number of aliphatic hydroxyl groups is 1. The molecule has 4 heteroatoms. The Bertz CT molecular complexity index is 475. The van der Waals surface area contributed by atoms with E-state index in [1.54, 1.807) is 0 Å². The fraction of sp³-hybridized carbons (Fsp3) is 0.588. The van der Waals surface area contributed by atoms with Crippen LogP contribution >= 0.6 is 0 Å². The van der Waals surface area contributed by atoms with Crippen molar-refractivity contribution in [2.75, 3.05) is 19.8 Å². The number of fused-ring (bicyclic) bond motifs is 1. The number of hydrogen-bond acceptors (Lipinski definition) is 4. The Balaban J connectivity index is 2.14. The lowest BCUT2D eigenvalue weighted by Crippen LogP contribution is -2.43. The monoisotopic (exact) mass is 291 g/mol. The summed E-state index contributed by atoms with van der Waals surface area (Å²) in [5.41, 5.74) is 2.63. The lowest BCUT2D eigenvalue weighted by molar-refractivity contribution is -0.150. The van der Waals surface area contributed by atoms with E-state index < -0.39 is 0 Å². The van der Waals surface area contributed by atoms with Crippen LogP contribution in [0.5, 0.6) is 0 Å². The Morgan fingerprint density at radius 2 is 2.24 bits per heavy atom. The molecule has 4 nitrogen and oxygen atoms in total. The summed E-state index contributed by atoms with van der Waals surface area (Å²) in [5.74, 6) is -0.199. The van der Waals surface area contributed by atoms with Crippen molar-refractivity contribution in [1.82, 2.24) is 4.90 Å². The van der Waals surface area contributed by atoms with Crippen molar-refractivity contribution in [2.45, 2.75) is 45.2 Å². The van der Waals surface area contributed by atoms with Crippen molar-refractivity contribution in [2.24, 2.45) is 0 Å². The van der Waals surface area contributed by atoms with E-state index in [1.165, 1.54) is 11.1 Å².